The number of rotatable bonds is 4. The number of anilines is 1. The number of halogens is 2. The fourth-order valence-corrected chi connectivity index (χ4v) is 5.59. The Balaban J connectivity index is 1.49. The Morgan fingerprint density at radius 2 is 1.81 bits per heavy atom. The van der Waals surface area contributed by atoms with Gasteiger partial charge < -0.3 is 4.90 Å². The van der Waals surface area contributed by atoms with E-state index in [4.69, 9.17) is 0 Å². The van der Waals surface area contributed by atoms with Crippen molar-refractivity contribution in [1.29, 1.82) is 0 Å². The van der Waals surface area contributed by atoms with Gasteiger partial charge in [0.05, 0.1) is 28.1 Å². The van der Waals surface area contributed by atoms with Crippen LogP contribution in [0.3, 0.4) is 0 Å². The summed E-state index contributed by atoms with van der Waals surface area (Å²) in [6.45, 7) is 2.33. The fraction of sp³-hybridized carbons (Fsp3) is 0.455. The first-order valence-electron chi connectivity index (χ1n) is 10.5. The third-order valence-corrected chi connectivity index (χ3v) is 8.32. The zero-order chi connectivity index (χ0) is 22.9. The van der Waals surface area contributed by atoms with E-state index in [0.717, 1.165) is 11.3 Å². The van der Waals surface area contributed by atoms with Gasteiger partial charge in [0, 0.05) is 44.4 Å². The van der Waals surface area contributed by atoms with Gasteiger partial charge in [0.25, 0.3) is 5.92 Å². The molecule has 2 aromatic heterocycles. The first-order valence-corrected chi connectivity index (χ1v) is 12.3. The molecular weight excluding hydrogens is 438 g/mol. The monoisotopic (exact) mass is 462 g/mol. The van der Waals surface area contributed by atoms with E-state index in [1.54, 1.807) is 19.2 Å². The number of alkyl halides is 2. The molecule has 10 heteroatoms. The number of hydrogen-bond acceptors (Lipinski definition) is 5. The van der Waals surface area contributed by atoms with Crippen molar-refractivity contribution in [1.82, 2.24) is 14.1 Å². The number of aromatic nitrogens is 3. The van der Waals surface area contributed by atoms with E-state index >= 15 is 0 Å². The molecule has 1 saturated carbocycles. The number of pyridine rings is 1. The first-order chi connectivity index (χ1) is 15.0. The number of aryl methyl sites for hydroxylation is 1. The van der Waals surface area contributed by atoms with Crippen LogP contribution >= 0.6 is 0 Å². The molecule has 3 aromatic rings. The zero-order valence-electron chi connectivity index (χ0n) is 17.9. The van der Waals surface area contributed by atoms with Crippen LogP contribution in [0.25, 0.3) is 22.4 Å². The average molecular weight is 463 g/mol. The lowest BCUT2D eigenvalue weighted by molar-refractivity contribution is 0.0637. The topological polar surface area (TPSA) is 77.2 Å². The molecule has 170 valence electrons. The van der Waals surface area contributed by atoms with Crippen molar-refractivity contribution in [2.45, 2.75) is 25.8 Å². The molecule has 0 spiro atoms. The van der Waals surface area contributed by atoms with Crippen molar-refractivity contribution in [3.63, 3.8) is 0 Å². The molecule has 1 aliphatic heterocycles. The highest BCUT2D eigenvalue weighted by Gasteiger charge is 2.68. The number of fused-ring (bicyclic) bond motifs is 1. The fourth-order valence-electron chi connectivity index (χ4n) is 4.39. The largest absolute Gasteiger partial charge is 0.369 e. The summed E-state index contributed by atoms with van der Waals surface area (Å²) in [5, 5.41) is 0. The summed E-state index contributed by atoms with van der Waals surface area (Å²) < 4.78 is 53.7. The minimum atomic E-state index is -2.97. The Bertz CT molecular complexity index is 1380. The van der Waals surface area contributed by atoms with Gasteiger partial charge in [-0.15, -0.1) is 0 Å². The lowest BCUT2D eigenvalue weighted by Gasteiger charge is -2.29. The minimum absolute atomic E-state index is 0.0510. The van der Waals surface area contributed by atoms with Crippen LogP contribution in [-0.2, 0) is 23.4 Å². The second kappa shape index (κ2) is 6.87. The van der Waals surface area contributed by atoms with E-state index < -0.39 is 21.2 Å². The molecule has 1 atom stereocenters. The summed E-state index contributed by atoms with van der Waals surface area (Å²) in [6.07, 6.45) is -0.223. The van der Waals surface area contributed by atoms with Gasteiger partial charge in [-0.05, 0) is 24.3 Å². The maximum Gasteiger partial charge on any atom is 0.330 e. The van der Waals surface area contributed by atoms with Gasteiger partial charge >= 0.3 is 5.69 Å². The second-order valence-electron chi connectivity index (χ2n) is 9.10. The molecule has 0 N–H and O–H groups in total. The highest BCUT2D eigenvalue weighted by atomic mass is 32.2. The maximum atomic E-state index is 13.7. The summed E-state index contributed by atoms with van der Waals surface area (Å²) in [6, 6.07) is 11.2. The molecule has 3 heterocycles. The number of sulfone groups is 1. The summed E-state index contributed by atoms with van der Waals surface area (Å²) in [4.78, 5) is 19.4. The molecule has 7 nitrogen and oxygen atoms in total. The van der Waals surface area contributed by atoms with Crippen LogP contribution in [0, 0.1) is 5.41 Å². The molecule has 1 unspecified atom stereocenters. The molecule has 1 aromatic carbocycles. The molecule has 2 fully saturated rings. The van der Waals surface area contributed by atoms with E-state index in [1.165, 1.54) is 16.1 Å². The van der Waals surface area contributed by atoms with Crippen molar-refractivity contribution in [2.24, 2.45) is 12.5 Å². The SMILES string of the molecule is Cn1c(=O)n(CC2(C)CC2(F)F)c2ccc(-c3cccc(N4CCS(=O)(=O)CC4)c3)nc21. The molecule has 2 aliphatic rings. The van der Waals surface area contributed by atoms with Gasteiger partial charge in [-0.1, -0.05) is 19.1 Å². The smallest absolute Gasteiger partial charge is 0.330 e. The molecule has 32 heavy (non-hydrogen) atoms. The predicted molar refractivity (Wildman–Crippen MR) is 119 cm³/mol. The average Bonchev–Trinajstić information content (AvgIpc) is 3.17. The molecular formula is C22H24F2N4O3S. The van der Waals surface area contributed by atoms with Crippen molar-refractivity contribution in [2.75, 3.05) is 29.5 Å². The van der Waals surface area contributed by atoms with Crippen LogP contribution in [0.5, 0.6) is 0 Å². The lowest BCUT2D eigenvalue weighted by atomic mass is 10.1. The van der Waals surface area contributed by atoms with Crippen LogP contribution in [0.4, 0.5) is 14.5 Å². The van der Waals surface area contributed by atoms with E-state index in [1.807, 2.05) is 29.2 Å². The maximum absolute atomic E-state index is 13.7. The quantitative estimate of drug-likeness (QED) is 0.596. The Labute approximate surface area is 184 Å². The van der Waals surface area contributed by atoms with E-state index in [0.29, 0.717) is 29.9 Å². The second-order valence-corrected chi connectivity index (χ2v) is 11.4. The summed E-state index contributed by atoms with van der Waals surface area (Å²) in [5.41, 5.74) is 1.79. The molecule has 1 aliphatic carbocycles. The van der Waals surface area contributed by atoms with Crippen LogP contribution in [0.1, 0.15) is 13.3 Å². The molecule has 0 radical (unpaired) electrons. The van der Waals surface area contributed by atoms with E-state index in [-0.39, 0.29) is 30.2 Å². The molecule has 5 rings (SSSR count). The van der Waals surface area contributed by atoms with Crippen LogP contribution in [-0.4, -0.2) is 53.1 Å². The van der Waals surface area contributed by atoms with Crippen molar-refractivity contribution in [3.8, 4) is 11.3 Å². The van der Waals surface area contributed by atoms with Gasteiger partial charge in [-0.3, -0.25) is 9.13 Å². The Hall–Kier alpha value is -2.75. The first kappa shape index (κ1) is 21.1. The van der Waals surface area contributed by atoms with Gasteiger partial charge in [-0.25, -0.2) is 27.0 Å². The van der Waals surface area contributed by atoms with Crippen LogP contribution in [0.15, 0.2) is 41.2 Å². The summed E-state index contributed by atoms with van der Waals surface area (Å²) >= 11 is 0. The number of imidazole rings is 1. The predicted octanol–water partition coefficient (Wildman–Crippen LogP) is 2.68. The molecule has 0 amide bonds. The van der Waals surface area contributed by atoms with Crippen LogP contribution < -0.4 is 10.6 Å². The number of benzene rings is 1. The van der Waals surface area contributed by atoms with Crippen molar-refractivity contribution >= 4 is 26.7 Å². The Kier molecular flexibility index (Phi) is 4.53. The number of hydrogen-bond donors (Lipinski definition) is 0. The normalized spacial score (nSPS) is 24.1. The Morgan fingerprint density at radius 1 is 1.12 bits per heavy atom. The van der Waals surface area contributed by atoms with E-state index in [9.17, 15) is 22.0 Å². The minimum Gasteiger partial charge on any atom is -0.369 e. The third-order valence-electron chi connectivity index (χ3n) is 6.71. The van der Waals surface area contributed by atoms with E-state index in [2.05, 4.69) is 4.98 Å². The zero-order valence-corrected chi connectivity index (χ0v) is 18.7. The van der Waals surface area contributed by atoms with Gasteiger partial charge in [0.15, 0.2) is 15.5 Å². The van der Waals surface area contributed by atoms with Gasteiger partial charge in [0.2, 0.25) is 0 Å². The van der Waals surface area contributed by atoms with Crippen molar-refractivity contribution in [3.05, 3.63) is 46.9 Å². The molecule has 1 saturated heterocycles. The highest BCUT2D eigenvalue weighted by molar-refractivity contribution is 7.91. The molecule has 0 bridgehead atoms. The van der Waals surface area contributed by atoms with Gasteiger partial charge in [0.1, 0.15) is 0 Å². The lowest BCUT2D eigenvalue weighted by Crippen LogP contribution is -2.40. The van der Waals surface area contributed by atoms with Crippen LogP contribution in [0.2, 0.25) is 0 Å². The standard InChI is InChI=1S/C22H24F2N4O3S/c1-21(13-22(21,23)24)14-28-18-7-6-17(25-19(18)26(2)20(28)29)15-4-3-5-16(12-15)27-8-10-32(30,31)11-9-27/h3-7,12H,8-11,13-14H2,1-2H3. The number of nitrogens with zero attached hydrogens (tertiary/aromatic N) is 4. The third kappa shape index (κ3) is 3.41. The van der Waals surface area contributed by atoms with Crippen molar-refractivity contribution < 1.29 is 17.2 Å². The van der Waals surface area contributed by atoms with Gasteiger partial charge in [-0.2, -0.15) is 0 Å². The summed E-state index contributed by atoms with van der Waals surface area (Å²) in [5.74, 6) is -2.49. The highest BCUT2D eigenvalue weighted by Crippen LogP contribution is 2.61. The summed E-state index contributed by atoms with van der Waals surface area (Å²) in [7, 11) is -1.38. The Morgan fingerprint density at radius 3 is 2.47 bits per heavy atom.